The van der Waals surface area contributed by atoms with E-state index < -0.39 is 0 Å². The standard InChI is InChI=1S/C19H16BrN/c1-13-6-2-4-8-17(13)21-18-9-5-3-7-15(18)16-12-14(20)10-11-19(16)21/h2-13,17H,1H3. The molecule has 0 fully saturated rings. The third-order valence-corrected chi connectivity index (χ3v) is 4.84. The summed E-state index contributed by atoms with van der Waals surface area (Å²) in [7, 11) is 0. The normalized spacial score (nSPS) is 21.4. The summed E-state index contributed by atoms with van der Waals surface area (Å²) in [6, 6.07) is 15.6. The van der Waals surface area contributed by atoms with Crippen LogP contribution in [0.4, 0.5) is 0 Å². The van der Waals surface area contributed by atoms with Crippen LogP contribution in [0.15, 0.2) is 71.2 Å². The number of aromatic nitrogens is 1. The summed E-state index contributed by atoms with van der Waals surface area (Å²) in [5.41, 5.74) is 2.61. The number of allylic oxidation sites excluding steroid dienone is 4. The molecule has 2 atom stereocenters. The van der Waals surface area contributed by atoms with Crippen molar-refractivity contribution in [2.75, 3.05) is 0 Å². The molecule has 0 spiro atoms. The highest BCUT2D eigenvalue weighted by Crippen LogP contribution is 2.37. The molecule has 0 amide bonds. The van der Waals surface area contributed by atoms with Crippen molar-refractivity contribution in [3.05, 3.63) is 71.2 Å². The Balaban J connectivity index is 2.10. The Kier molecular flexibility index (Phi) is 3.00. The fourth-order valence-electron chi connectivity index (χ4n) is 3.32. The van der Waals surface area contributed by atoms with Crippen LogP contribution < -0.4 is 0 Å². The van der Waals surface area contributed by atoms with Crippen molar-refractivity contribution in [3.63, 3.8) is 0 Å². The van der Waals surface area contributed by atoms with E-state index in [0.717, 1.165) is 4.47 Å². The number of hydrogen-bond acceptors (Lipinski definition) is 0. The molecule has 104 valence electrons. The van der Waals surface area contributed by atoms with Crippen LogP contribution in [0.5, 0.6) is 0 Å². The Hall–Kier alpha value is -1.80. The van der Waals surface area contributed by atoms with Crippen molar-refractivity contribution in [2.24, 2.45) is 5.92 Å². The number of rotatable bonds is 1. The van der Waals surface area contributed by atoms with Crippen molar-refractivity contribution in [3.8, 4) is 0 Å². The molecule has 0 saturated heterocycles. The Morgan fingerprint density at radius 1 is 0.905 bits per heavy atom. The van der Waals surface area contributed by atoms with Crippen LogP contribution in [-0.4, -0.2) is 4.57 Å². The summed E-state index contributed by atoms with van der Waals surface area (Å²) in [5, 5.41) is 2.64. The van der Waals surface area contributed by atoms with Gasteiger partial charge in [-0.1, -0.05) is 65.4 Å². The van der Waals surface area contributed by atoms with Gasteiger partial charge in [-0.25, -0.2) is 0 Å². The van der Waals surface area contributed by atoms with E-state index in [9.17, 15) is 0 Å². The van der Waals surface area contributed by atoms with Crippen LogP contribution in [0.3, 0.4) is 0 Å². The SMILES string of the molecule is CC1C=CC=CC1n1c2ccccc2c2cc(Br)ccc21. The molecule has 0 N–H and O–H groups in total. The fourth-order valence-corrected chi connectivity index (χ4v) is 3.69. The maximum absolute atomic E-state index is 3.60. The summed E-state index contributed by atoms with van der Waals surface area (Å²) >= 11 is 3.60. The molecule has 0 bridgehead atoms. The molecule has 2 unspecified atom stereocenters. The summed E-state index contributed by atoms with van der Waals surface area (Å²) in [4.78, 5) is 0. The number of halogens is 1. The topological polar surface area (TPSA) is 4.93 Å². The van der Waals surface area contributed by atoms with Gasteiger partial charge in [-0.15, -0.1) is 0 Å². The molecule has 2 aromatic carbocycles. The summed E-state index contributed by atoms with van der Waals surface area (Å²) in [5.74, 6) is 0.498. The van der Waals surface area contributed by atoms with Gasteiger partial charge < -0.3 is 4.57 Å². The number of nitrogens with zero attached hydrogens (tertiary/aromatic N) is 1. The summed E-state index contributed by atoms with van der Waals surface area (Å²) in [6.45, 7) is 2.28. The first kappa shape index (κ1) is 12.9. The van der Waals surface area contributed by atoms with Gasteiger partial charge in [0.2, 0.25) is 0 Å². The van der Waals surface area contributed by atoms with E-state index in [1.165, 1.54) is 21.8 Å². The maximum atomic E-state index is 3.60. The van der Waals surface area contributed by atoms with E-state index in [4.69, 9.17) is 0 Å². The highest BCUT2D eigenvalue weighted by molar-refractivity contribution is 9.10. The van der Waals surface area contributed by atoms with Gasteiger partial charge in [0, 0.05) is 26.3 Å². The molecule has 21 heavy (non-hydrogen) atoms. The third-order valence-electron chi connectivity index (χ3n) is 4.34. The molecule has 4 rings (SSSR count). The zero-order valence-electron chi connectivity index (χ0n) is 11.8. The van der Waals surface area contributed by atoms with Gasteiger partial charge in [0.05, 0.1) is 6.04 Å². The lowest BCUT2D eigenvalue weighted by Gasteiger charge is -2.24. The number of benzene rings is 2. The van der Waals surface area contributed by atoms with E-state index >= 15 is 0 Å². The van der Waals surface area contributed by atoms with Gasteiger partial charge in [0.25, 0.3) is 0 Å². The Bertz CT molecular complexity index is 885. The first-order chi connectivity index (χ1) is 10.3. The molecule has 1 aliphatic rings. The molecule has 1 heterocycles. The van der Waals surface area contributed by atoms with Crippen LogP contribution in [0.2, 0.25) is 0 Å². The molecular weight excluding hydrogens is 322 g/mol. The predicted octanol–water partition coefficient (Wildman–Crippen LogP) is 5.86. The Morgan fingerprint density at radius 2 is 1.67 bits per heavy atom. The number of hydrogen-bond donors (Lipinski definition) is 0. The second-order valence-corrected chi connectivity index (χ2v) is 6.58. The smallest absolute Gasteiger partial charge is 0.0585 e. The quantitative estimate of drug-likeness (QED) is 0.524. The van der Waals surface area contributed by atoms with E-state index in [-0.39, 0.29) is 0 Å². The lowest BCUT2D eigenvalue weighted by molar-refractivity contribution is 0.510. The van der Waals surface area contributed by atoms with Crippen molar-refractivity contribution < 1.29 is 0 Å². The molecule has 0 radical (unpaired) electrons. The van der Waals surface area contributed by atoms with Crippen molar-refractivity contribution in [2.45, 2.75) is 13.0 Å². The van der Waals surface area contributed by atoms with Gasteiger partial charge >= 0.3 is 0 Å². The van der Waals surface area contributed by atoms with Gasteiger partial charge in [-0.3, -0.25) is 0 Å². The highest BCUT2D eigenvalue weighted by Gasteiger charge is 2.21. The third kappa shape index (κ3) is 1.97. The van der Waals surface area contributed by atoms with E-state index in [1.807, 2.05) is 0 Å². The second kappa shape index (κ2) is 4.88. The molecule has 1 aromatic heterocycles. The van der Waals surface area contributed by atoms with E-state index in [1.54, 1.807) is 0 Å². The van der Waals surface area contributed by atoms with Gasteiger partial charge in [-0.05, 0) is 30.2 Å². The second-order valence-electron chi connectivity index (χ2n) is 5.67. The van der Waals surface area contributed by atoms with Gasteiger partial charge in [0.15, 0.2) is 0 Å². The average molecular weight is 338 g/mol. The minimum atomic E-state index is 0.374. The van der Waals surface area contributed by atoms with Gasteiger partial charge in [-0.2, -0.15) is 0 Å². The highest BCUT2D eigenvalue weighted by atomic mass is 79.9. The van der Waals surface area contributed by atoms with Crippen LogP contribution >= 0.6 is 15.9 Å². The lowest BCUT2D eigenvalue weighted by atomic mass is 9.96. The summed E-state index contributed by atoms with van der Waals surface area (Å²) in [6.07, 6.45) is 8.89. The van der Waals surface area contributed by atoms with Crippen molar-refractivity contribution in [1.29, 1.82) is 0 Å². The number of para-hydroxylation sites is 1. The van der Waals surface area contributed by atoms with Gasteiger partial charge in [0.1, 0.15) is 0 Å². The zero-order valence-corrected chi connectivity index (χ0v) is 13.4. The fraction of sp³-hybridized carbons (Fsp3) is 0.158. The lowest BCUT2D eigenvalue weighted by Crippen LogP contribution is -2.15. The molecule has 0 aliphatic heterocycles. The monoisotopic (exact) mass is 337 g/mol. The minimum absolute atomic E-state index is 0.374. The Labute approximate surface area is 132 Å². The van der Waals surface area contributed by atoms with Crippen LogP contribution in [0.1, 0.15) is 13.0 Å². The first-order valence-corrected chi connectivity index (χ1v) is 8.08. The minimum Gasteiger partial charge on any atom is -0.333 e. The largest absolute Gasteiger partial charge is 0.333 e. The van der Waals surface area contributed by atoms with Crippen LogP contribution in [0.25, 0.3) is 21.8 Å². The van der Waals surface area contributed by atoms with Crippen LogP contribution in [-0.2, 0) is 0 Å². The maximum Gasteiger partial charge on any atom is 0.0585 e. The molecule has 1 aliphatic carbocycles. The van der Waals surface area contributed by atoms with E-state index in [2.05, 4.69) is 94.2 Å². The zero-order chi connectivity index (χ0) is 14.4. The van der Waals surface area contributed by atoms with Crippen molar-refractivity contribution >= 4 is 37.7 Å². The molecular formula is C19H16BrN. The first-order valence-electron chi connectivity index (χ1n) is 7.29. The summed E-state index contributed by atoms with van der Waals surface area (Å²) < 4.78 is 3.60. The Morgan fingerprint density at radius 3 is 2.52 bits per heavy atom. The predicted molar refractivity (Wildman–Crippen MR) is 93.6 cm³/mol. The van der Waals surface area contributed by atoms with Crippen LogP contribution in [0, 0.1) is 5.92 Å². The van der Waals surface area contributed by atoms with E-state index in [0.29, 0.717) is 12.0 Å². The molecule has 1 nitrogen and oxygen atoms in total. The number of fused-ring (bicyclic) bond motifs is 3. The van der Waals surface area contributed by atoms with Crippen molar-refractivity contribution in [1.82, 2.24) is 4.57 Å². The molecule has 0 saturated carbocycles. The molecule has 2 heteroatoms. The molecule has 3 aromatic rings. The average Bonchev–Trinajstić information content (AvgIpc) is 2.82.